The van der Waals surface area contributed by atoms with E-state index in [-0.39, 0.29) is 5.63 Å². The maximum absolute atomic E-state index is 12.0. The highest BCUT2D eigenvalue weighted by Crippen LogP contribution is 2.54. The number of methoxy groups -OCH3 is 1. The van der Waals surface area contributed by atoms with Crippen molar-refractivity contribution in [2.45, 2.75) is 50.6 Å². The van der Waals surface area contributed by atoms with Crippen molar-refractivity contribution in [1.82, 2.24) is 0 Å². The van der Waals surface area contributed by atoms with Gasteiger partial charge in [-0.3, -0.25) is 0 Å². The van der Waals surface area contributed by atoms with E-state index in [0.717, 1.165) is 41.0 Å². The predicted octanol–water partition coefficient (Wildman–Crippen LogP) is 2.83. The summed E-state index contributed by atoms with van der Waals surface area (Å²) in [6, 6.07) is 7.44. The van der Waals surface area contributed by atoms with E-state index < -0.39 is 0 Å². The SMILES string of the molecule is COc1ccc2c(C[NH2+]C34CC5CC(CC(C5)C3)C4)cc(=O)oc2c1. The van der Waals surface area contributed by atoms with E-state index >= 15 is 0 Å². The summed E-state index contributed by atoms with van der Waals surface area (Å²) in [4.78, 5) is 12.0. The molecule has 25 heavy (non-hydrogen) atoms. The standard InChI is InChI=1S/C21H25NO3/c1-24-17-2-3-18-16(7-20(23)25-19(18)8-17)12-22-21-9-13-4-14(10-21)6-15(5-13)11-21/h2-3,7-8,13-15,22H,4-6,9-12H2,1H3/p+1. The molecule has 0 unspecified atom stereocenters. The van der Waals surface area contributed by atoms with E-state index in [9.17, 15) is 4.79 Å². The number of rotatable bonds is 4. The van der Waals surface area contributed by atoms with Crippen LogP contribution in [-0.2, 0) is 6.54 Å². The Kier molecular flexibility index (Phi) is 3.46. The van der Waals surface area contributed by atoms with Crippen molar-refractivity contribution < 1.29 is 14.5 Å². The van der Waals surface area contributed by atoms with Crippen molar-refractivity contribution >= 4 is 11.0 Å². The molecular weight excluding hydrogens is 314 g/mol. The van der Waals surface area contributed by atoms with Gasteiger partial charge in [0.15, 0.2) is 0 Å². The molecule has 6 rings (SSSR count). The third-order valence-electron chi connectivity index (χ3n) is 6.88. The molecule has 4 bridgehead atoms. The van der Waals surface area contributed by atoms with E-state index in [4.69, 9.17) is 9.15 Å². The van der Waals surface area contributed by atoms with Crippen LogP contribution < -0.4 is 15.7 Å². The minimum atomic E-state index is -0.269. The van der Waals surface area contributed by atoms with Crippen molar-refractivity contribution in [2.75, 3.05) is 7.11 Å². The van der Waals surface area contributed by atoms with Crippen LogP contribution in [0.1, 0.15) is 44.1 Å². The summed E-state index contributed by atoms with van der Waals surface area (Å²) in [7, 11) is 1.63. The highest BCUT2D eigenvalue weighted by atomic mass is 16.5. The number of quaternary nitrogens is 1. The Morgan fingerprint density at radius 2 is 1.80 bits per heavy atom. The van der Waals surface area contributed by atoms with Crippen LogP contribution in [0.5, 0.6) is 5.75 Å². The van der Waals surface area contributed by atoms with E-state index in [1.54, 1.807) is 13.2 Å². The highest BCUT2D eigenvalue weighted by Gasteiger charge is 2.53. The fourth-order valence-corrected chi connectivity index (χ4v) is 6.26. The summed E-state index contributed by atoms with van der Waals surface area (Å²) >= 11 is 0. The Morgan fingerprint density at radius 1 is 1.12 bits per heavy atom. The van der Waals surface area contributed by atoms with Gasteiger partial charge in [-0.15, -0.1) is 0 Å². The van der Waals surface area contributed by atoms with E-state index in [1.807, 2.05) is 18.2 Å². The average molecular weight is 340 g/mol. The Balaban J connectivity index is 1.44. The van der Waals surface area contributed by atoms with E-state index in [2.05, 4.69) is 5.32 Å². The van der Waals surface area contributed by atoms with Crippen LogP contribution >= 0.6 is 0 Å². The lowest BCUT2D eigenvalue weighted by molar-refractivity contribution is -0.752. The largest absolute Gasteiger partial charge is 0.497 e. The molecule has 2 aromatic rings. The minimum absolute atomic E-state index is 0.269. The maximum Gasteiger partial charge on any atom is 0.336 e. The third-order valence-corrected chi connectivity index (χ3v) is 6.88. The average Bonchev–Trinajstić information content (AvgIpc) is 2.58. The van der Waals surface area contributed by atoms with Gasteiger partial charge in [-0.2, -0.15) is 0 Å². The van der Waals surface area contributed by atoms with Gasteiger partial charge in [0.05, 0.1) is 12.6 Å². The minimum Gasteiger partial charge on any atom is -0.497 e. The molecule has 1 heterocycles. The van der Waals surface area contributed by atoms with E-state index in [1.165, 1.54) is 38.5 Å². The fraction of sp³-hybridized carbons (Fsp3) is 0.571. The monoisotopic (exact) mass is 340 g/mol. The van der Waals surface area contributed by atoms with Crippen LogP contribution in [0.15, 0.2) is 33.5 Å². The highest BCUT2D eigenvalue weighted by molar-refractivity contribution is 5.81. The molecule has 1 aromatic heterocycles. The number of hydrogen-bond acceptors (Lipinski definition) is 3. The predicted molar refractivity (Wildman–Crippen MR) is 95.6 cm³/mol. The zero-order chi connectivity index (χ0) is 17.0. The van der Waals surface area contributed by atoms with Gasteiger partial charge in [0, 0.05) is 42.3 Å². The van der Waals surface area contributed by atoms with Gasteiger partial charge in [0.2, 0.25) is 0 Å². The molecule has 1 aromatic carbocycles. The van der Waals surface area contributed by atoms with Crippen LogP contribution in [0.25, 0.3) is 11.0 Å². The molecule has 0 saturated heterocycles. The lowest BCUT2D eigenvalue weighted by Gasteiger charge is -2.54. The molecule has 4 fully saturated rings. The summed E-state index contributed by atoms with van der Waals surface area (Å²) in [5.74, 6) is 3.57. The fourth-order valence-electron chi connectivity index (χ4n) is 6.26. The number of ether oxygens (including phenoxy) is 1. The molecule has 0 radical (unpaired) electrons. The molecule has 0 atom stereocenters. The zero-order valence-electron chi connectivity index (χ0n) is 14.8. The molecule has 4 aliphatic rings. The van der Waals surface area contributed by atoms with Gasteiger partial charge in [0.25, 0.3) is 0 Å². The Morgan fingerprint density at radius 3 is 2.44 bits per heavy atom. The van der Waals surface area contributed by atoms with E-state index in [0.29, 0.717) is 11.1 Å². The van der Waals surface area contributed by atoms with Gasteiger partial charge in [-0.05, 0) is 49.1 Å². The Labute approximate surface area is 147 Å². The molecule has 0 aliphatic heterocycles. The van der Waals surface area contributed by atoms with Crippen molar-refractivity contribution in [3.05, 3.63) is 40.2 Å². The molecule has 2 N–H and O–H groups in total. The molecule has 4 nitrogen and oxygen atoms in total. The molecular formula is C21H26NO3+. The number of benzene rings is 1. The molecule has 0 spiro atoms. The second-order valence-electron chi connectivity index (χ2n) is 8.64. The first-order valence-corrected chi connectivity index (χ1v) is 9.58. The molecule has 4 saturated carbocycles. The van der Waals surface area contributed by atoms with Crippen LogP contribution in [0, 0.1) is 17.8 Å². The van der Waals surface area contributed by atoms with Crippen LogP contribution in [0.2, 0.25) is 0 Å². The second kappa shape index (κ2) is 5.60. The zero-order valence-corrected chi connectivity index (χ0v) is 14.8. The molecule has 4 heteroatoms. The van der Waals surface area contributed by atoms with Gasteiger partial charge in [0.1, 0.15) is 17.9 Å². The lowest BCUT2D eigenvalue weighted by Crippen LogP contribution is -2.97. The summed E-state index contributed by atoms with van der Waals surface area (Å²) in [5.41, 5.74) is 1.86. The first-order valence-electron chi connectivity index (χ1n) is 9.58. The molecule has 0 amide bonds. The Hall–Kier alpha value is -1.81. The summed E-state index contributed by atoms with van der Waals surface area (Å²) in [5, 5.41) is 3.58. The lowest BCUT2D eigenvalue weighted by atomic mass is 9.53. The normalized spacial score (nSPS) is 33.1. The van der Waals surface area contributed by atoms with Crippen LogP contribution in [0.4, 0.5) is 0 Å². The summed E-state index contributed by atoms with van der Waals surface area (Å²) in [6.45, 7) is 0.862. The summed E-state index contributed by atoms with van der Waals surface area (Å²) in [6.07, 6.45) is 8.49. The molecule has 4 aliphatic carbocycles. The number of hydrogen-bond donors (Lipinski definition) is 1. The maximum atomic E-state index is 12.0. The first-order chi connectivity index (χ1) is 12.1. The quantitative estimate of drug-likeness (QED) is 0.871. The summed E-state index contributed by atoms with van der Waals surface area (Å²) < 4.78 is 10.6. The molecule has 132 valence electrons. The number of fused-ring (bicyclic) bond motifs is 1. The third kappa shape index (κ3) is 2.67. The Bertz CT molecular complexity index is 834. The van der Waals surface area contributed by atoms with Gasteiger partial charge in [-0.1, -0.05) is 0 Å². The first kappa shape index (κ1) is 15.4. The van der Waals surface area contributed by atoms with Crippen molar-refractivity contribution in [1.29, 1.82) is 0 Å². The van der Waals surface area contributed by atoms with Crippen molar-refractivity contribution in [3.8, 4) is 5.75 Å². The van der Waals surface area contributed by atoms with Gasteiger partial charge < -0.3 is 14.5 Å². The second-order valence-corrected chi connectivity index (χ2v) is 8.64. The van der Waals surface area contributed by atoms with Gasteiger partial charge >= 0.3 is 5.63 Å². The van der Waals surface area contributed by atoms with Crippen LogP contribution in [-0.4, -0.2) is 12.6 Å². The van der Waals surface area contributed by atoms with Crippen LogP contribution in [0.3, 0.4) is 0 Å². The van der Waals surface area contributed by atoms with Crippen molar-refractivity contribution in [3.63, 3.8) is 0 Å². The smallest absolute Gasteiger partial charge is 0.336 e. The van der Waals surface area contributed by atoms with Gasteiger partial charge in [-0.25, -0.2) is 4.79 Å². The van der Waals surface area contributed by atoms with Crippen molar-refractivity contribution in [2.24, 2.45) is 17.8 Å². The number of nitrogens with two attached hydrogens (primary N) is 1. The topological polar surface area (TPSA) is 56.0 Å².